The van der Waals surface area contributed by atoms with Gasteiger partial charge < -0.3 is 19.5 Å². The summed E-state index contributed by atoms with van der Waals surface area (Å²) in [5, 5.41) is 10.9. The number of hydrogen-bond acceptors (Lipinski definition) is 5. The Morgan fingerprint density at radius 1 is 1.17 bits per heavy atom. The molecule has 2 aliphatic rings. The zero-order valence-corrected chi connectivity index (χ0v) is 12.7. The quantitative estimate of drug-likeness (QED) is 0.631. The smallest absolute Gasteiger partial charge is 0.261 e. The van der Waals surface area contributed by atoms with Gasteiger partial charge in [0.25, 0.3) is 11.8 Å². The maximum absolute atomic E-state index is 12.3. The summed E-state index contributed by atoms with van der Waals surface area (Å²) < 4.78 is 5.29. The summed E-state index contributed by atoms with van der Waals surface area (Å²) in [5.41, 5.74) is 0.318. The molecule has 0 saturated carbocycles. The normalized spacial score (nSPS) is 18.3. The van der Waals surface area contributed by atoms with Gasteiger partial charge in [0.1, 0.15) is 13.1 Å². The van der Waals surface area contributed by atoms with Crippen LogP contribution in [-0.4, -0.2) is 62.1 Å². The third-order valence-corrected chi connectivity index (χ3v) is 4.32. The van der Waals surface area contributed by atoms with Crippen LogP contribution in [0.2, 0.25) is 0 Å². The lowest BCUT2D eigenvalue weighted by atomic mass is 10.1. The van der Waals surface area contributed by atoms with Crippen LogP contribution in [0.4, 0.5) is 0 Å². The monoisotopic (exact) mass is 318 g/mol. The summed E-state index contributed by atoms with van der Waals surface area (Å²) in [6.07, 6.45) is 0.716. The minimum atomic E-state index is -1.36. The number of carbonyl (C=O) groups is 3. The maximum Gasteiger partial charge on any atom is 0.261 e. The minimum Gasteiger partial charge on any atom is -0.545 e. The number of morpholine rings is 1. The molecule has 2 amide bonds. The highest BCUT2D eigenvalue weighted by molar-refractivity contribution is 6.21. The third kappa shape index (κ3) is 3.11. The first-order valence-electron chi connectivity index (χ1n) is 7.71. The van der Waals surface area contributed by atoms with Gasteiger partial charge in [-0.15, -0.1) is 0 Å². The van der Waals surface area contributed by atoms with Crippen LogP contribution in [0.15, 0.2) is 18.2 Å². The lowest BCUT2D eigenvalue weighted by Crippen LogP contribution is -3.14. The molecule has 3 rings (SSSR count). The highest BCUT2D eigenvalue weighted by Gasteiger charge is 2.35. The fourth-order valence-electron chi connectivity index (χ4n) is 3.02. The molecule has 122 valence electrons. The average Bonchev–Trinajstić information content (AvgIpc) is 2.80. The van der Waals surface area contributed by atoms with E-state index in [9.17, 15) is 19.5 Å². The summed E-state index contributed by atoms with van der Waals surface area (Å²) in [4.78, 5) is 38.1. The molecule has 23 heavy (non-hydrogen) atoms. The van der Waals surface area contributed by atoms with Crippen molar-refractivity contribution < 1.29 is 29.1 Å². The minimum absolute atomic E-state index is 0.0930. The van der Waals surface area contributed by atoms with E-state index < -0.39 is 11.9 Å². The third-order valence-electron chi connectivity index (χ3n) is 4.32. The number of hydrogen-bond donors (Lipinski definition) is 1. The second-order valence-corrected chi connectivity index (χ2v) is 5.78. The fourth-order valence-corrected chi connectivity index (χ4v) is 3.02. The largest absolute Gasteiger partial charge is 0.545 e. The van der Waals surface area contributed by atoms with Crippen LogP contribution in [0.1, 0.15) is 37.5 Å². The Morgan fingerprint density at radius 2 is 1.87 bits per heavy atom. The van der Waals surface area contributed by atoms with Crippen LogP contribution < -0.4 is 10.0 Å². The number of nitrogens with one attached hydrogen (secondary N) is 1. The van der Waals surface area contributed by atoms with Crippen molar-refractivity contribution in [3.63, 3.8) is 0 Å². The fraction of sp³-hybridized carbons (Fsp3) is 0.438. The van der Waals surface area contributed by atoms with Gasteiger partial charge in [-0.25, -0.2) is 0 Å². The number of benzene rings is 1. The van der Waals surface area contributed by atoms with Crippen LogP contribution in [-0.2, 0) is 4.74 Å². The number of carboxylic acid groups (broad SMARTS) is 1. The number of aromatic carboxylic acids is 1. The molecule has 0 spiro atoms. The van der Waals surface area contributed by atoms with E-state index in [-0.39, 0.29) is 22.6 Å². The van der Waals surface area contributed by atoms with Crippen LogP contribution in [0.25, 0.3) is 0 Å². The topological polar surface area (TPSA) is 91.2 Å². The lowest BCUT2D eigenvalue weighted by molar-refractivity contribution is -0.908. The van der Waals surface area contributed by atoms with Gasteiger partial charge in [0.2, 0.25) is 0 Å². The molecule has 0 atom stereocenters. The molecule has 1 aromatic carbocycles. The molecule has 0 aromatic heterocycles. The Kier molecular flexibility index (Phi) is 4.40. The number of quaternary nitrogens is 1. The van der Waals surface area contributed by atoms with Crippen molar-refractivity contribution >= 4 is 17.8 Å². The van der Waals surface area contributed by atoms with Gasteiger partial charge in [-0.1, -0.05) is 6.07 Å². The van der Waals surface area contributed by atoms with Crippen molar-refractivity contribution in [2.24, 2.45) is 0 Å². The van der Waals surface area contributed by atoms with Gasteiger partial charge in [0, 0.05) is 13.0 Å². The van der Waals surface area contributed by atoms with E-state index in [4.69, 9.17) is 4.74 Å². The number of carboxylic acids is 1. The van der Waals surface area contributed by atoms with E-state index in [0.717, 1.165) is 32.8 Å². The molecule has 0 bridgehead atoms. The van der Waals surface area contributed by atoms with Crippen molar-refractivity contribution in [3.8, 4) is 0 Å². The number of ether oxygens (including phenoxy) is 1. The first-order chi connectivity index (χ1) is 11.1. The lowest BCUT2D eigenvalue weighted by Gasteiger charge is -2.24. The summed E-state index contributed by atoms with van der Waals surface area (Å²) >= 11 is 0. The molecule has 0 aliphatic carbocycles. The molecule has 0 radical (unpaired) electrons. The summed E-state index contributed by atoms with van der Waals surface area (Å²) in [5.74, 6) is -2.14. The molecule has 0 unspecified atom stereocenters. The molecular formula is C16H18N2O5. The number of rotatable bonds is 5. The molecule has 2 aliphatic heterocycles. The second kappa shape index (κ2) is 6.47. The first kappa shape index (κ1) is 15.6. The van der Waals surface area contributed by atoms with Gasteiger partial charge in [-0.05, 0) is 17.7 Å². The van der Waals surface area contributed by atoms with Crippen molar-refractivity contribution in [1.29, 1.82) is 0 Å². The van der Waals surface area contributed by atoms with E-state index in [1.165, 1.54) is 28.0 Å². The van der Waals surface area contributed by atoms with Crippen LogP contribution in [0, 0.1) is 0 Å². The van der Waals surface area contributed by atoms with Crippen LogP contribution in [0.3, 0.4) is 0 Å². The molecule has 1 aromatic rings. The Morgan fingerprint density at radius 3 is 2.57 bits per heavy atom. The molecular weight excluding hydrogens is 300 g/mol. The van der Waals surface area contributed by atoms with Crippen LogP contribution >= 0.6 is 0 Å². The molecule has 1 saturated heterocycles. The molecule has 7 heteroatoms. The Labute approximate surface area is 133 Å². The Balaban J connectivity index is 1.64. The first-order valence-corrected chi connectivity index (χ1v) is 7.71. The Hall–Kier alpha value is -2.25. The zero-order chi connectivity index (χ0) is 16.4. The van der Waals surface area contributed by atoms with E-state index in [0.29, 0.717) is 13.0 Å². The number of carbonyl (C=O) groups excluding carboxylic acids is 3. The summed E-state index contributed by atoms with van der Waals surface area (Å²) in [7, 11) is 0. The van der Waals surface area contributed by atoms with Gasteiger partial charge in [0.05, 0.1) is 36.9 Å². The van der Waals surface area contributed by atoms with Gasteiger partial charge in [-0.2, -0.15) is 0 Å². The number of nitrogens with zero attached hydrogens (tertiary/aromatic N) is 1. The summed E-state index contributed by atoms with van der Waals surface area (Å²) in [6.45, 7) is 4.59. The number of imide groups is 1. The highest BCUT2D eigenvalue weighted by Crippen LogP contribution is 2.23. The maximum atomic E-state index is 12.3. The van der Waals surface area contributed by atoms with E-state index in [1.54, 1.807) is 0 Å². The average molecular weight is 318 g/mol. The zero-order valence-electron chi connectivity index (χ0n) is 12.7. The molecule has 1 fully saturated rings. The van der Waals surface area contributed by atoms with Crippen LogP contribution in [0.5, 0.6) is 0 Å². The van der Waals surface area contributed by atoms with Crippen molar-refractivity contribution in [2.75, 3.05) is 39.4 Å². The SMILES string of the molecule is O=C([O-])c1ccc2c(c1)C(=O)N(CCC[NH+]1CCOCC1)C2=O. The predicted octanol–water partition coefficient (Wildman–Crippen LogP) is -2.05. The standard InChI is InChI=1S/C16H18N2O5/c19-14-12-3-2-11(16(21)22)10-13(12)15(20)18(14)5-1-4-17-6-8-23-9-7-17/h2-3,10H,1,4-9H2,(H,21,22). The molecule has 1 N–H and O–H groups in total. The molecule has 7 nitrogen and oxygen atoms in total. The van der Waals surface area contributed by atoms with Crippen molar-refractivity contribution in [3.05, 3.63) is 34.9 Å². The van der Waals surface area contributed by atoms with E-state index in [1.807, 2.05) is 0 Å². The van der Waals surface area contributed by atoms with E-state index in [2.05, 4.69) is 0 Å². The number of fused-ring (bicyclic) bond motifs is 1. The summed E-state index contributed by atoms with van der Waals surface area (Å²) in [6, 6.07) is 3.90. The van der Waals surface area contributed by atoms with E-state index >= 15 is 0 Å². The van der Waals surface area contributed by atoms with Gasteiger partial charge in [-0.3, -0.25) is 14.5 Å². The number of amides is 2. The predicted molar refractivity (Wildman–Crippen MR) is 77.1 cm³/mol. The van der Waals surface area contributed by atoms with Gasteiger partial charge in [0.15, 0.2) is 0 Å². The molecule has 2 heterocycles. The van der Waals surface area contributed by atoms with Crippen molar-refractivity contribution in [1.82, 2.24) is 4.90 Å². The van der Waals surface area contributed by atoms with Gasteiger partial charge >= 0.3 is 0 Å². The highest BCUT2D eigenvalue weighted by atomic mass is 16.5. The second-order valence-electron chi connectivity index (χ2n) is 5.78. The van der Waals surface area contributed by atoms with Crippen molar-refractivity contribution in [2.45, 2.75) is 6.42 Å². The Bertz CT molecular complexity index is 652.